The molecule has 0 radical (unpaired) electrons. The Morgan fingerprint density at radius 1 is 1.29 bits per heavy atom. The Morgan fingerprint density at radius 2 is 1.90 bits per heavy atom. The van der Waals surface area contributed by atoms with Crippen LogP contribution >= 0.6 is 0 Å². The topological polar surface area (TPSA) is 69.6 Å². The third-order valence-electron chi connectivity index (χ3n) is 4.20. The number of carbonyl (C=O) groups excluding carboxylic acids is 1. The molecule has 1 aromatic carbocycles. The minimum Gasteiger partial charge on any atom is -0.387 e. The number of amides is 1. The second-order valence-corrected chi connectivity index (χ2v) is 6.46. The molecule has 1 saturated carbocycles. The summed E-state index contributed by atoms with van der Waals surface area (Å²) in [5.74, 6) is -0.0638. The number of hydrogen-bond donors (Lipinski definition) is 3. The van der Waals surface area contributed by atoms with Gasteiger partial charge in [0, 0.05) is 0 Å². The van der Waals surface area contributed by atoms with Crippen LogP contribution < -0.4 is 5.32 Å². The van der Waals surface area contributed by atoms with Crippen LogP contribution in [0.3, 0.4) is 0 Å². The zero-order chi connectivity index (χ0) is 15.5. The van der Waals surface area contributed by atoms with E-state index in [-0.39, 0.29) is 6.04 Å². The quantitative estimate of drug-likeness (QED) is 0.752. The van der Waals surface area contributed by atoms with Gasteiger partial charge in [-0.05, 0) is 37.2 Å². The average Bonchev–Trinajstić information content (AvgIpc) is 2.43. The molecule has 116 valence electrons. The van der Waals surface area contributed by atoms with E-state index in [1.54, 1.807) is 0 Å². The molecule has 0 aliphatic heterocycles. The maximum atomic E-state index is 12.2. The highest BCUT2D eigenvalue weighted by Gasteiger charge is 2.45. The van der Waals surface area contributed by atoms with Crippen molar-refractivity contribution in [2.75, 3.05) is 0 Å². The van der Waals surface area contributed by atoms with Gasteiger partial charge in [-0.2, -0.15) is 0 Å². The molecule has 0 bridgehead atoms. The smallest absolute Gasteiger partial charge is 0.252 e. The molecule has 0 spiro atoms. The van der Waals surface area contributed by atoms with Gasteiger partial charge in [-0.15, -0.1) is 0 Å². The van der Waals surface area contributed by atoms with Crippen LogP contribution in [0.1, 0.15) is 51.1 Å². The molecule has 21 heavy (non-hydrogen) atoms. The Balaban J connectivity index is 2.06. The zero-order valence-electron chi connectivity index (χ0n) is 12.7. The van der Waals surface area contributed by atoms with Crippen molar-refractivity contribution in [1.82, 2.24) is 5.32 Å². The van der Waals surface area contributed by atoms with Crippen LogP contribution in [0.25, 0.3) is 0 Å². The molecule has 1 amide bonds. The summed E-state index contributed by atoms with van der Waals surface area (Å²) in [6.45, 7) is 4.19. The summed E-state index contributed by atoms with van der Waals surface area (Å²) in [5.41, 5.74) is -0.212. The number of aliphatic hydroxyl groups is 2. The van der Waals surface area contributed by atoms with Crippen molar-refractivity contribution in [3.05, 3.63) is 35.9 Å². The van der Waals surface area contributed by atoms with Crippen molar-refractivity contribution in [3.63, 3.8) is 0 Å². The number of aliphatic hydroxyl groups excluding tert-OH is 1. The van der Waals surface area contributed by atoms with E-state index >= 15 is 0 Å². The van der Waals surface area contributed by atoms with E-state index in [1.165, 1.54) is 0 Å². The van der Waals surface area contributed by atoms with Gasteiger partial charge in [0.05, 0.1) is 11.6 Å². The fourth-order valence-electron chi connectivity index (χ4n) is 2.74. The minimum absolute atomic E-state index is 0.142. The van der Waals surface area contributed by atoms with E-state index < -0.39 is 17.6 Å². The molecule has 4 nitrogen and oxygen atoms in total. The van der Waals surface area contributed by atoms with Gasteiger partial charge in [-0.3, -0.25) is 4.79 Å². The molecule has 0 aromatic heterocycles. The second kappa shape index (κ2) is 6.58. The van der Waals surface area contributed by atoms with E-state index in [1.807, 2.05) is 30.3 Å². The van der Waals surface area contributed by atoms with Gasteiger partial charge in [0.25, 0.3) is 5.91 Å². The highest BCUT2D eigenvalue weighted by atomic mass is 16.4. The number of hydrogen-bond acceptors (Lipinski definition) is 3. The van der Waals surface area contributed by atoms with Crippen molar-refractivity contribution in [1.29, 1.82) is 0 Å². The van der Waals surface area contributed by atoms with E-state index in [0.29, 0.717) is 18.8 Å². The van der Waals surface area contributed by atoms with Gasteiger partial charge in [-0.25, -0.2) is 0 Å². The first-order valence-electron chi connectivity index (χ1n) is 7.68. The molecule has 1 aliphatic carbocycles. The first-order valence-corrected chi connectivity index (χ1v) is 7.68. The van der Waals surface area contributed by atoms with Crippen LogP contribution in [0.2, 0.25) is 0 Å². The van der Waals surface area contributed by atoms with Crippen molar-refractivity contribution < 1.29 is 15.0 Å². The van der Waals surface area contributed by atoms with Crippen molar-refractivity contribution in [2.24, 2.45) is 5.92 Å². The lowest BCUT2D eigenvalue weighted by atomic mass is 9.75. The summed E-state index contributed by atoms with van der Waals surface area (Å²) in [6, 6.07) is 9.60. The molecule has 0 heterocycles. The maximum Gasteiger partial charge on any atom is 0.252 e. The highest BCUT2D eigenvalue weighted by Crippen LogP contribution is 2.35. The van der Waals surface area contributed by atoms with E-state index in [4.69, 9.17) is 0 Å². The van der Waals surface area contributed by atoms with Gasteiger partial charge in [0.1, 0.15) is 0 Å². The fourth-order valence-corrected chi connectivity index (χ4v) is 2.74. The third kappa shape index (κ3) is 3.83. The van der Waals surface area contributed by atoms with E-state index in [2.05, 4.69) is 19.2 Å². The Bertz CT molecular complexity index is 468. The average molecular weight is 291 g/mol. The summed E-state index contributed by atoms with van der Waals surface area (Å²) in [4.78, 5) is 12.2. The lowest BCUT2D eigenvalue weighted by molar-refractivity contribution is -0.159. The minimum atomic E-state index is -1.34. The van der Waals surface area contributed by atoms with Gasteiger partial charge in [0.2, 0.25) is 0 Å². The van der Waals surface area contributed by atoms with Crippen molar-refractivity contribution >= 4 is 5.91 Å². The van der Waals surface area contributed by atoms with Gasteiger partial charge in [0.15, 0.2) is 6.10 Å². The predicted octanol–water partition coefficient (Wildman–Crippen LogP) is 2.17. The zero-order valence-corrected chi connectivity index (χ0v) is 12.7. The Labute approximate surface area is 126 Å². The highest BCUT2D eigenvalue weighted by molar-refractivity contribution is 5.82. The first kappa shape index (κ1) is 16.0. The summed E-state index contributed by atoms with van der Waals surface area (Å²) in [6.07, 6.45) is 1.28. The Morgan fingerprint density at radius 3 is 2.38 bits per heavy atom. The molecule has 2 unspecified atom stereocenters. The molecule has 4 heteroatoms. The van der Waals surface area contributed by atoms with Crippen LogP contribution in [-0.4, -0.2) is 27.8 Å². The molecule has 2 rings (SSSR count). The summed E-state index contributed by atoms with van der Waals surface area (Å²) < 4.78 is 0. The van der Waals surface area contributed by atoms with Crippen LogP contribution in [0.15, 0.2) is 30.3 Å². The largest absolute Gasteiger partial charge is 0.387 e. The van der Waals surface area contributed by atoms with Crippen LogP contribution in [0.4, 0.5) is 0 Å². The summed E-state index contributed by atoms with van der Waals surface area (Å²) >= 11 is 0. The fraction of sp³-hybridized carbons (Fsp3) is 0.588. The van der Waals surface area contributed by atoms with Gasteiger partial charge in [-0.1, -0.05) is 44.2 Å². The molecular formula is C17H25NO3. The normalized spacial score (nSPS) is 19.7. The number of rotatable bonds is 6. The molecule has 1 fully saturated rings. The summed E-state index contributed by atoms with van der Waals surface area (Å²) in [5, 5.41) is 23.1. The molecule has 1 aliphatic rings. The van der Waals surface area contributed by atoms with Crippen LogP contribution in [0, 0.1) is 5.92 Å². The first-order chi connectivity index (χ1) is 9.92. The third-order valence-corrected chi connectivity index (χ3v) is 4.20. The molecular weight excluding hydrogens is 266 g/mol. The molecule has 2 atom stereocenters. The Kier molecular flexibility index (Phi) is 5.01. The molecule has 1 aromatic rings. The van der Waals surface area contributed by atoms with Gasteiger partial charge < -0.3 is 15.5 Å². The van der Waals surface area contributed by atoms with E-state index in [9.17, 15) is 15.0 Å². The number of benzene rings is 1. The van der Waals surface area contributed by atoms with Gasteiger partial charge >= 0.3 is 0 Å². The lowest BCUT2D eigenvalue weighted by Crippen LogP contribution is -2.55. The lowest BCUT2D eigenvalue weighted by Gasteiger charge is -2.40. The maximum absolute atomic E-state index is 12.2. The van der Waals surface area contributed by atoms with Crippen molar-refractivity contribution in [2.45, 2.75) is 57.3 Å². The van der Waals surface area contributed by atoms with Crippen LogP contribution in [0.5, 0.6) is 0 Å². The number of nitrogens with one attached hydrogen (secondary N) is 1. The van der Waals surface area contributed by atoms with Crippen molar-refractivity contribution in [3.8, 4) is 0 Å². The monoisotopic (exact) mass is 291 g/mol. The van der Waals surface area contributed by atoms with E-state index in [0.717, 1.165) is 18.4 Å². The number of carbonyl (C=O) groups is 1. The standard InChI is InChI=1S/C17H25NO3/c1-12(2)11-14(13-7-4-3-5-8-13)18-16(20)15(19)17(21)9-6-10-17/h3-5,7-8,12,14-15,19,21H,6,9-11H2,1-2H3,(H,18,20). The second-order valence-electron chi connectivity index (χ2n) is 6.46. The molecule has 3 N–H and O–H groups in total. The Hall–Kier alpha value is -1.39. The van der Waals surface area contributed by atoms with Crippen LogP contribution in [-0.2, 0) is 4.79 Å². The SMILES string of the molecule is CC(C)CC(NC(=O)C(O)C1(O)CCC1)c1ccccc1. The summed E-state index contributed by atoms with van der Waals surface area (Å²) in [7, 11) is 0. The molecule has 0 saturated heterocycles. The predicted molar refractivity (Wildman–Crippen MR) is 81.6 cm³/mol.